The Morgan fingerprint density at radius 1 is 1.00 bits per heavy atom. The van der Waals surface area contributed by atoms with Crippen molar-refractivity contribution in [1.82, 2.24) is 0 Å². The number of Topliss-reactive ketones (excluding diaryl/α,β-unsaturated/α-hetero) is 2. The minimum absolute atomic E-state index is 0.0606. The summed E-state index contributed by atoms with van der Waals surface area (Å²) in [6, 6.07) is 8.50. The third kappa shape index (κ3) is 3.35. The Morgan fingerprint density at radius 3 is 2.21 bits per heavy atom. The zero-order chi connectivity index (χ0) is 20.4. The molecular weight excluding hydrogens is 430 g/mol. The van der Waals surface area contributed by atoms with Gasteiger partial charge in [-0.3, -0.25) is 14.4 Å². The molecule has 3 rings (SSSR count). The van der Waals surface area contributed by atoms with Gasteiger partial charge in [0.15, 0.2) is 17.3 Å². The van der Waals surface area contributed by atoms with Gasteiger partial charge in [0, 0.05) is 29.1 Å². The standard InChI is InChI=1S/C20H18BrNO6/c1-26-15-10-13-16(19(28-3)18(15)27-2)17(24)20(25)22(13)9-8-14(23)11-4-6-12(21)7-5-11/h4-7,10H,8-9H2,1-3H3. The van der Waals surface area contributed by atoms with Crippen molar-refractivity contribution in [1.29, 1.82) is 0 Å². The fourth-order valence-corrected chi connectivity index (χ4v) is 3.39. The highest BCUT2D eigenvalue weighted by Crippen LogP contribution is 2.48. The van der Waals surface area contributed by atoms with E-state index in [0.717, 1.165) is 4.47 Å². The van der Waals surface area contributed by atoms with E-state index < -0.39 is 11.7 Å². The zero-order valence-electron chi connectivity index (χ0n) is 15.6. The fourth-order valence-electron chi connectivity index (χ4n) is 3.13. The van der Waals surface area contributed by atoms with Gasteiger partial charge in [0.25, 0.3) is 11.7 Å². The quantitative estimate of drug-likeness (QED) is 0.478. The predicted molar refractivity (Wildman–Crippen MR) is 106 cm³/mol. The highest BCUT2D eigenvalue weighted by Gasteiger charge is 2.41. The molecule has 2 aromatic rings. The summed E-state index contributed by atoms with van der Waals surface area (Å²) in [5.74, 6) is -0.857. The number of carbonyl (C=O) groups excluding carboxylic acids is 3. The molecule has 1 aliphatic rings. The molecule has 2 aromatic carbocycles. The van der Waals surface area contributed by atoms with Crippen molar-refractivity contribution in [2.45, 2.75) is 6.42 Å². The van der Waals surface area contributed by atoms with Gasteiger partial charge in [0.05, 0.1) is 32.6 Å². The van der Waals surface area contributed by atoms with E-state index in [-0.39, 0.29) is 35.8 Å². The van der Waals surface area contributed by atoms with Crippen LogP contribution in [0.25, 0.3) is 0 Å². The maximum atomic E-state index is 12.5. The lowest BCUT2D eigenvalue weighted by molar-refractivity contribution is -0.114. The molecule has 0 aromatic heterocycles. The second-order valence-electron chi connectivity index (χ2n) is 6.01. The van der Waals surface area contributed by atoms with Crippen LogP contribution >= 0.6 is 15.9 Å². The molecule has 0 unspecified atom stereocenters. The molecule has 0 N–H and O–H groups in total. The van der Waals surface area contributed by atoms with Crippen molar-refractivity contribution in [3.63, 3.8) is 0 Å². The first-order valence-electron chi connectivity index (χ1n) is 8.40. The van der Waals surface area contributed by atoms with E-state index in [1.54, 1.807) is 30.3 Å². The molecule has 1 amide bonds. The summed E-state index contributed by atoms with van der Waals surface area (Å²) < 4.78 is 16.8. The number of ether oxygens (including phenoxy) is 3. The van der Waals surface area contributed by atoms with Gasteiger partial charge >= 0.3 is 0 Å². The van der Waals surface area contributed by atoms with Crippen molar-refractivity contribution < 1.29 is 28.6 Å². The summed E-state index contributed by atoms with van der Waals surface area (Å²) in [6.07, 6.45) is 0.0662. The molecule has 1 aliphatic heterocycles. The number of methoxy groups -OCH3 is 3. The van der Waals surface area contributed by atoms with E-state index in [1.807, 2.05) is 0 Å². The Balaban J connectivity index is 1.92. The van der Waals surface area contributed by atoms with E-state index in [1.165, 1.54) is 26.2 Å². The van der Waals surface area contributed by atoms with Crippen LogP contribution in [0.5, 0.6) is 17.2 Å². The van der Waals surface area contributed by atoms with Gasteiger partial charge in [0.2, 0.25) is 5.75 Å². The van der Waals surface area contributed by atoms with Crippen molar-refractivity contribution in [3.8, 4) is 17.2 Å². The van der Waals surface area contributed by atoms with Crippen LogP contribution in [-0.4, -0.2) is 45.3 Å². The number of amides is 1. The van der Waals surface area contributed by atoms with Crippen molar-refractivity contribution in [2.24, 2.45) is 0 Å². The maximum Gasteiger partial charge on any atom is 0.299 e. The molecular formula is C20H18BrNO6. The van der Waals surface area contributed by atoms with E-state index >= 15 is 0 Å². The van der Waals surface area contributed by atoms with Crippen molar-refractivity contribution in [2.75, 3.05) is 32.8 Å². The van der Waals surface area contributed by atoms with Crippen molar-refractivity contribution in [3.05, 3.63) is 45.9 Å². The molecule has 0 fully saturated rings. The molecule has 1 heterocycles. The lowest BCUT2D eigenvalue weighted by Gasteiger charge is -2.19. The SMILES string of the molecule is COc1cc2c(c(OC)c1OC)C(=O)C(=O)N2CCC(=O)c1ccc(Br)cc1. The first-order chi connectivity index (χ1) is 13.4. The average Bonchev–Trinajstić information content (AvgIpc) is 2.95. The van der Waals surface area contributed by atoms with Crippen LogP contribution in [0.15, 0.2) is 34.8 Å². The van der Waals surface area contributed by atoms with E-state index in [9.17, 15) is 14.4 Å². The normalized spacial score (nSPS) is 12.8. The third-order valence-corrected chi connectivity index (χ3v) is 5.02. The maximum absolute atomic E-state index is 12.5. The number of benzene rings is 2. The summed E-state index contributed by atoms with van der Waals surface area (Å²) in [5, 5.41) is 0. The van der Waals surface area contributed by atoms with Crippen LogP contribution in [0.2, 0.25) is 0 Å². The number of rotatable bonds is 7. The second-order valence-corrected chi connectivity index (χ2v) is 6.92. The Morgan fingerprint density at radius 2 is 1.64 bits per heavy atom. The second kappa shape index (κ2) is 8.02. The number of fused-ring (bicyclic) bond motifs is 1. The number of carbonyl (C=O) groups is 3. The molecule has 7 nitrogen and oxygen atoms in total. The smallest absolute Gasteiger partial charge is 0.299 e. The van der Waals surface area contributed by atoms with E-state index in [0.29, 0.717) is 17.0 Å². The lowest BCUT2D eigenvalue weighted by Crippen LogP contribution is -2.31. The van der Waals surface area contributed by atoms with Gasteiger partial charge in [0.1, 0.15) is 0 Å². The third-order valence-electron chi connectivity index (χ3n) is 4.50. The Bertz CT molecular complexity index is 954. The number of hydrogen-bond acceptors (Lipinski definition) is 6. The van der Waals surface area contributed by atoms with Gasteiger partial charge in [-0.05, 0) is 12.1 Å². The summed E-state index contributed by atoms with van der Waals surface area (Å²) in [5.41, 5.74) is 0.987. The van der Waals surface area contributed by atoms with Gasteiger partial charge in [-0.25, -0.2) is 0 Å². The predicted octanol–water partition coefficient (Wildman–Crippen LogP) is 3.28. The first kappa shape index (κ1) is 19.9. The molecule has 0 aliphatic carbocycles. The summed E-state index contributed by atoms with van der Waals surface area (Å²) in [7, 11) is 4.25. The van der Waals surface area contributed by atoms with Crippen LogP contribution in [0.1, 0.15) is 27.1 Å². The molecule has 8 heteroatoms. The Hall–Kier alpha value is -2.87. The Kier molecular flexibility index (Phi) is 5.69. The van der Waals surface area contributed by atoms with Crippen LogP contribution in [-0.2, 0) is 4.79 Å². The molecule has 28 heavy (non-hydrogen) atoms. The minimum atomic E-state index is -0.716. The molecule has 0 atom stereocenters. The Labute approximate surface area is 170 Å². The number of hydrogen-bond donors (Lipinski definition) is 0. The van der Waals surface area contributed by atoms with Gasteiger partial charge in [-0.2, -0.15) is 0 Å². The zero-order valence-corrected chi connectivity index (χ0v) is 17.2. The lowest BCUT2D eigenvalue weighted by atomic mass is 10.1. The van der Waals surface area contributed by atoms with E-state index in [4.69, 9.17) is 14.2 Å². The summed E-state index contributed by atoms with van der Waals surface area (Å²) >= 11 is 3.32. The number of anilines is 1. The van der Waals surface area contributed by atoms with Crippen LogP contribution in [0.3, 0.4) is 0 Å². The molecule has 0 radical (unpaired) electrons. The monoisotopic (exact) mass is 447 g/mol. The van der Waals surface area contributed by atoms with Gasteiger partial charge in [-0.15, -0.1) is 0 Å². The first-order valence-corrected chi connectivity index (χ1v) is 9.20. The minimum Gasteiger partial charge on any atom is -0.493 e. The van der Waals surface area contributed by atoms with E-state index in [2.05, 4.69) is 15.9 Å². The highest BCUT2D eigenvalue weighted by molar-refractivity contribution is 9.10. The van der Waals surface area contributed by atoms with Gasteiger partial charge < -0.3 is 19.1 Å². The number of ketones is 2. The topological polar surface area (TPSA) is 82.1 Å². The molecule has 0 bridgehead atoms. The molecule has 0 saturated heterocycles. The van der Waals surface area contributed by atoms with Gasteiger partial charge in [-0.1, -0.05) is 28.1 Å². The number of nitrogens with zero attached hydrogens (tertiary/aromatic N) is 1. The molecule has 0 spiro atoms. The summed E-state index contributed by atoms with van der Waals surface area (Å²) in [4.78, 5) is 38.8. The van der Waals surface area contributed by atoms with Crippen LogP contribution < -0.4 is 19.1 Å². The van der Waals surface area contributed by atoms with Crippen LogP contribution in [0.4, 0.5) is 5.69 Å². The molecule has 0 saturated carbocycles. The number of halogens is 1. The fraction of sp³-hybridized carbons (Fsp3) is 0.250. The average molecular weight is 448 g/mol. The highest BCUT2D eigenvalue weighted by atomic mass is 79.9. The molecule has 146 valence electrons. The van der Waals surface area contributed by atoms with Crippen molar-refractivity contribution >= 4 is 39.1 Å². The van der Waals surface area contributed by atoms with Crippen LogP contribution in [0, 0.1) is 0 Å². The summed E-state index contributed by atoms with van der Waals surface area (Å²) in [6.45, 7) is 0.0606. The largest absolute Gasteiger partial charge is 0.493 e.